The number of piperidine rings is 1. The number of hydrogen-bond donors (Lipinski definition) is 2. The zero-order valence-electron chi connectivity index (χ0n) is 23.2. The molecule has 3 aliphatic rings. The van der Waals surface area contributed by atoms with Crippen molar-refractivity contribution in [1.82, 2.24) is 20.2 Å². The van der Waals surface area contributed by atoms with Gasteiger partial charge in [-0.25, -0.2) is 9.97 Å². The second-order valence-electron chi connectivity index (χ2n) is 12.2. The average Bonchev–Trinajstić information content (AvgIpc) is 2.92. The van der Waals surface area contributed by atoms with Gasteiger partial charge in [-0.2, -0.15) is 5.26 Å². The van der Waals surface area contributed by atoms with Gasteiger partial charge >= 0.3 is 0 Å². The molecule has 2 aromatic rings. The van der Waals surface area contributed by atoms with Crippen molar-refractivity contribution in [2.75, 3.05) is 31.1 Å². The number of halogens is 1. The van der Waals surface area contributed by atoms with Crippen LogP contribution in [0.5, 0.6) is 5.75 Å². The fourth-order valence-electron chi connectivity index (χ4n) is 6.63. The lowest BCUT2D eigenvalue weighted by Crippen LogP contribution is -2.74. The van der Waals surface area contributed by atoms with Gasteiger partial charge in [0.25, 0.3) is 5.91 Å². The summed E-state index contributed by atoms with van der Waals surface area (Å²) in [6, 6.07) is 6.90. The number of carbonyl (C=O) groups is 2. The predicted octanol–water partition coefficient (Wildman–Crippen LogP) is 3.03. The van der Waals surface area contributed by atoms with E-state index >= 15 is 0 Å². The highest BCUT2D eigenvalue weighted by molar-refractivity contribution is 6.31. The fraction of sp³-hybridized carbons (Fsp3) is 0.552. The van der Waals surface area contributed by atoms with E-state index in [4.69, 9.17) is 21.6 Å². The molecular formula is C29H35ClN6O4. The molecule has 2 saturated heterocycles. The molecule has 3 heterocycles. The lowest BCUT2D eigenvalue weighted by atomic mass is 9.49. The molecule has 0 unspecified atom stereocenters. The first-order valence-electron chi connectivity index (χ1n) is 13.6. The van der Waals surface area contributed by atoms with Crippen LogP contribution in [-0.4, -0.2) is 76.2 Å². The molecule has 5 rings (SSSR count). The minimum atomic E-state index is -0.391. The quantitative estimate of drug-likeness (QED) is 0.545. The minimum Gasteiger partial charge on any atom is -0.489 e. The van der Waals surface area contributed by atoms with Crippen molar-refractivity contribution in [3.8, 4) is 11.8 Å². The first-order valence-corrected chi connectivity index (χ1v) is 14.0. The number of β-amino-alcohol motifs (C(OH)–C–C–N with tert-alkyl or cyclic N) is 1. The number of aromatic nitrogens is 2. The maximum absolute atomic E-state index is 13.2. The van der Waals surface area contributed by atoms with E-state index in [2.05, 4.69) is 43.0 Å². The molecule has 0 atom stereocenters. The molecule has 1 aromatic heterocycles. The maximum Gasteiger partial charge on any atom is 0.254 e. The van der Waals surface area contributed by atoms with E-state index in [1.165, 1.54) is 0 Å². The second kappa shape index (κ2) is 10.5. The third kappa shape index (κ3) is 5.08. The Bertz CT molecular complexity index is 1310. The Kier molecular flexibility index (Phi) is 7.40. The zero-order valence-corrected chi connectivity index (χ0v) is 24.0. The Balaban J connectivity index is 1.17. The van der Waals surface area contributed by atoms with Gasteiger partial charge in [0.1, 0.15) is 17.9 Å². The molecule has 1 saturated carbocycles. The van der Waals surface area contributed by atoms with Crippen LogP contribution in [-0.2, 0) is 4.79 Å². The summed E-state index contributed by atoms with van der Waals surface area (Å²) in [4.78, 5) is 38.4. The van der Waals surface area contributed by atoms with E-state index in [0.717, 1.165) is 0 Å². The molecule has 212 valence electrons. The van der Waals surface area contributed by atoms with Crippen LogP contribution >= 0.6 is 11.6 Å². The van der Waals surface area contributed by atoms with Crippen LogP contribution in [0.2, 0.25) is 5.02 Å². The first-order chi connectivity index (χ1) is 18.9. The number of aliphatic hydroxyl groups is 1. The highest BCUT2D eigenvalue weighted by Crippen LogP contribution is 2.55. The molecule has 1 aliphatic carbocycles. The van der Waals surface area contributed by atoms with Gasteiger partial charge in [-0.1, -0.05) is 39.3 Å². The summed E-state index contributed by atoms with van der Waals surface area (Å²) in [5, 5.41) is 22.1. The lowest BCUT2D eigenvalue weighted by molar-refractivity contribution is -0.164. The average molecular weight is 567 g/mol. The number of benzene rings is 1. The number of nitriles is 1. The van der Waals surface area contributed by atoms with E-state index in [1.54, 1.807) is 35.5 Å². The second-order valence-corrected chi connectivity index (χ2v) is 12.6. The lowest BCUT2D eigenvalue weighted by Gasteiger charge is -2.63. The molecule has 1 aromatic carbocycles. The van der Waals surface area contributed by atoms with Crippen molar-refractivity contribution in [2.24, 2.45) is 16.7 Å². The van der Waals surface area contributed by atoms with Crippen LogP contribution in [0.25, 0.3) is 0 Å². The summed E-state index contributed by atoms with van der Waals surface area (Å²) >= 11 is 6.19. The molecule has 40 heavy (non-hydrogen) atoms. The van der Waals surface area contributed by atoms with Gasteiger partial charge in [-0.15, -0.1) is 0 Å². The topological polar surface area (TPSA) is 132 Å². The summed E-state index contributed by atoms with van der Waals surface area (Å²) in [5.41, 5.74) is 0.00902. The number of aliphatic hydroxyl groups excluding tert-OH is 1. The van der Waals surface area contributed by atoms with E-state index in [1.807, 2.05) is 11.0 Å². The Hall–Kier alpha value is -3.42. The Morgan fingerprint density at radius 3 is 2.30 bits per heavy atom. The smallest absolute Gasteiger partial charge is 0.254 e. The molecule has 2 N–H and O–H groups in total. The summed E-state index contributed by atoms with van der Waals surface area (Å²) in [6.45, 7) is 10.4. The Labute approximate surface area is 239 Å². The van der Waals surface area contributed by atoms with E-state index in [-0.39, 0.29) is 40.7 Å². The summed E-state index contributed by atoms with van der Waals surface area (Å²) in [6.07, 6.45) is 3.91. The number of rotatable bonds is 6. The largest absolute Gasteiger partial charge is 0.489 e. The van der Waals surface area contributed by atoms with Crippen LogP contribution in [0.4, 0.5) is 5.95 Å². The van der Waals surface area contributed by atoms with Gasteiger partial charge in [0.05, 0.1) is 22.3 Å². The van der Waals surface area contributed by atoms with Crippen LogP contribution in [0.15, 0.2) is 30.6 Å². The third-order valence-electron chi connectivity index (χ3n) is 8.63. The molecular weight excluding hydrogens is 532 g/mol. The monoisotopic (exact) mass is 566 g/mol. The zero-order chi connectivity index (χ0) is 28.8. The molecule has 11 heteroatoms. The third-order valence-corrected chi connectivity index (χ3v) is 8.94. The Morgan fingerprint density at radius 1 is 1.12 bits per heavy atom. The number of nitrogens with zero attached hydrogens (tertiary/aromatic N) is 5. The minimum absolute atomic E-state index is 0.0373. The van der Waals surface area contributed by atoms with Crippen molar-refractivity contribution < 1.29 is 19.4 Å². The van der Waals surface area contributed by atoms with Crippen LogP contribution < -0.4 is 15.0 Å². The number of amides is 2. The van der Waals surface area contributed by atoms with Gasteiger partial charge in [0.2, 0.25) is 11.9 Å². The van der Waals surface area contributed by atoms with E-state index < -0.39 is 6.10 Å². The Morgan fingerprint density at radius 2 is 1.75 bits per heavy atom. The fourth-order valence-corrected chi connectivity index (χ4v) is 6.84. The van der Waals surface area contributed by atoms with Gasteiger partial charge in [0, 0.05) is 67.4 Å². The van der Waals surface area contributed by atoms with Gasteiger partial charge in [-0.3, -0.25) is 9.59 Å². The van der Waals surface area contributed by atoms with E-state index in [9.17, 15) is 14.7 Å². The van der Waals surface area contributed by atoms with Crippen molar-refractivity contribution in [3.05, 3.63) is 46.7 Å². The summed E-state index contributed by atoms with van der Waals surface area (Å²) < 4.78 is 6.30. The van der Waals surface area contributed by atoms with Crippen LogP contribution in [0, 0.1) is 28.1 Å². The number of anilines is 1. The first kappa shape index (κ1) is 28.1. The van der Waals surface area contributed by atoms with Crippen LogP contribution in [0.1, 0.15) is 56.5 Å². The summed E-state index contributed by atoms with van der Waals surface area (Å²) in [5.74, 6) is 0.952. The molecule has 0 radical (unpaired) electrons. The number of hydrogen-bond acceptors (Lipinski definition) is 8. The predicted molar refractivity (Wildman–Crippen MR) is 149 cm³/mol. The maximum atomic E-state index is 13.2. The SMILES string of the molecule is CC1(C)C(NC(=O)c2cnc(N3CCC(C(=O)N4CC(O)C4)CC3)nc2)C(C)(C)C1Oc1ccc(C#N)c(Cl)c1. The molecule has 2 aliphatic heterocycles. The molecule has 0 bridgehead atoms. The highest BCUT2D eigenvalue weighted by atomic mass is 35.5. The van der Waals surface area contributed by atoms with Crippen molar-refractivity contribution >= 4 is 29.4 Å². The molecule has 3 fully saturated rings. The number of carbonyl (C=O) groups excluding carboxylic acids is 2. The molecule has 2 amide bonds. The number of ether oxygens (including phenoxy) is 1. The summed E-state index contributed by atoms with van der Waals surface area (Å²) in [7, 11) is 0. The molecule has 10 nitrogen and oxygen atoms in total. The standard InChI is InChI=1S/C29H35ClN6O4/c1-28(2)25(29(3,4)26(28)40-21-6-5-18(12-31)22(30)11-21)34-23(38)19-13-32-27(33-14-19)35-9-7-17(8-10-35)24(39)36-15-20(37)16-36/h5-6,11,13-14,17,20,25-26,37H,7-10,15-16H2,1-4H3,(H,34,38). The van der Waals surface area contributed by atoms with E-state index in [0.29, 0.717) is 66.9 Å². The normalized spacial score (nSPS) is 23.9. The van der Waals surface area contributed by atoms with Gasteiger partial charge in [-0.05, 0) is 25.0 Å². The van der Waals surface area contributed by atoms with Crippen molar-refractivity contribution in [1.29, 1.82) is 5.26 Å². The number of likely N-dealkylation sites (tertiary alicyclic amines) is 1. The van der Waals surface area contributed by atoms with Gasteiger partial charge in [0.15, 0.2) is 0 Å². The number of nitrogens with one attached hydrogen (secondary N) is 1. The van der Waals surface area contributed by atoms with Crippen LogP contribution in [0.3, 0.4) is 0 Å². The van der Waals surface area contributed by atoms with Crippen molar-refractivity contribution in [3.63, 3.8) is 0 Å². The van der Waals surface area contributed by atoms with Crippen molar-refractivity contribution in [2.45, 2.75) is 58.8 Å². The molecule has 0 spiro atoms. The highest BCUT2D eigenvalue weighted by Gasteiger charge is 2.64. The van der Waals surface area contributed by atoms with Gasteiger partial charge < -0.3 is 25.0 Å².